The first-order valence-corrected chi connectivity index (χ1v) is 6.69. The Labute approximate surface area is 118 Å². The molecule has 2 heterocycles. The molecule has 3 aromatic rings. The highest BCUT2D eigenvalue weighted by Gasteiger charge is 2.10. The van der Waals surface area contributed by atoms with Crippen LogP contribution >= 0.6 is 0 Å². The van der Waals surface area contributed by atoms with Gasteiger partial charge in [0.1, 0.15) is 0 Å². The molecule has 1 aromatic carbocycles. The molecule has 0 saturated heterocycles. The summed E-state index contributed by atoms with van der Waals surface area (Å²) >= 11 is 0. The number of ether oxygens (including phenoxy) is 1. The van der Waals surface area contributed by atoms with Crippen molar-refractivity contribution in [1.82, 2.24) is 9.97 Å². The van der Waals surface area contributed by atoms with Crippen LogP contribution in [0.15, 0.2) is 48.9 Å². The van der Waals surface area contributed by atoms with E-state index in [0.717, 1.165) is 28.3 Å². The molecule has 0 radical (unpaired) electrons. The lowest BCUT2D eigenvalue weighted by atomic mass is 9.99. The zero-order chi connectivity index (χ0) is 13.9. The minimum Gasteiger partial charge on any atom is -0.481 e. The van der Waals surface area contributed by atoms with Gasteiger partial charge in [0, 0.05) is 35.1 Å². The van der Waals surface area contributed by atoms with Crippen molar-refractivity contribution in [2.45, 2.75) is 13.3 Å². The number of aryl methyl sites for hydroxylation is 1. The minimum atomic E-state index is 0.669. The van der Waals surface area contributed by atoms with E-state index in [9.17, 15) is 0 Å². The van der Waals surface area contributed by atoms with E-state index in [2.05, 4.69) is 35.1 Å². The zero-order valence-corrected chi connectivity index (χ0v) is 11.6. The van der Waals surface area contributed by atoms with Crippen molar-refractivity contribution in [3.05, 3.63) is 54.5 Å². The van der Waals surface area contributed by atoms with Gasteiger partial charge in [0.05, 0.1) is 7.11 Å². The molecule has 3 nitrogen and oxygen atoms in total. The summed E-state index contributed by atoms with van der Waals surface area (Å²) in [5, 5.41) is 2.19. The van der Waals surface area contributed by atoms with E-state index in [1.54, 1.807) is 13.3 Å². The van der Waals surface area contributed by atoms with Gasteiger partial charge in [-0.2, -0.15) is 0 Å². The van der Waals surface area contributed by atoms with E-state index < -0.39 is 0 Å². The molecule has 0 amide bonds. The van der Waals surface area contributed by atoms with Crippen LogP contribution in [0.25, 0.3) is 21.9 Å². The molecular weight excluding hydrogens is 248 g/mol. The van der Waals surface area contributed by atoms with Crippen LogP contribution in [-0.4, -0.2) is 17.1 Å². The molecule has 0 atom stereocenters. The quantitative estimate of drug-likeness (QED) is 0.720. The molecule has 0 fully saturated rings. The van der Waals surface area contributed by atoms with Crippen LogP contribution in [0.5, 0.6) is 5.88 Å². The molecule has 2 aromatic heterocycles. The molecule has 3 rings (SSSR count). The summed E-state index contributed by atoms with van der Waals surface area (Å²) in [5.74, 6) is 0.669. The van der Waals surface area contributed by atoms with Gasteiger partial charge in [0.2, 0.25) is 5.88 Å². The Bertz CT molecular complexity index is 739. The summed E-state index contributed by atoms with van der Waals surface area (Å²) in [5.41, 5.74) is 3.43. The van der Waals surface area contributed by atoms with Gasteiger partial charge in [-0.15, -0.1) is 0 Å². The average Bonchev–Trinajstić information content (AvgIpc) is 2.54. The van der Waals surface area contributed by atoms with Crippen LogP contribution in [0.2, 0.25) is 0 Å². The third kappa shape index (κ3) is 2.11. The normalized spacial score (nSPS) is 10.7. The van der Waals surface area contributed by atoms with Crippen molar-refractivity contribution in [1.29, 1.82) is 0 Å². The number of fused-ring (bicyclic) bond motifs is 1. The molecule has 20 heavy (non-hydrogen) atoms. The molecule has 0 unspecified atom stereocenters. The van der Waals surface area contributed by atoms with E-state index in [-0.39, 0.29) is 0 Å². The fraction of sp³-hybridized carbons (Fsp3) is 0.176. The maximum Gasteiger partial charge on any atom is 0.221 e. The second-order valence-corrected chi connectivity index (χ2v) is 4.66. The Balaban J connectivity index is 2.30. The average molecular weight is 264 g/mol. The highest BCUT2D eigenvalue weighted by atomic mass is 16.5. The standard InChI is InChI=1S/C17H16N2O/c1-3-12-6-7-14-15(9-12)17(20-2)19-11-16(14)13-5-4-8-18-10-13/h4-11H,3H2,1-2H3. The number of benzene rings is 1. The third-order valence-corrected chi connectivity index (χ3v) is 3.49. The van der Waals surface area contributed by atoms with Crippen LogP contribution in [0.3, 0.4) is 0 Å². The van der Waals surface area contributed by atoms with Crippen molar-refractivity contribution < 1.29 is 4.74 Å². The van der Waals surface area contributed by atoms with Crippen molar-refractivity contribution in [2.24, 2.45) is 0 Å². The topological polar surface area (TPSA) is 35.0 Å². The van der Waals surface area contributed by atoms with Crippen molar-refractivity contribution in [3.63, 3.8) is 0 Å². The summed E-state index contributed by atoms with van der Waals surface area (Å²) in [6, 6.07) is 10.4. The van der Waals surface area contributed by atoms with Gasteiger partial charge < -0.3 is 4.74 Å². The number of aromatic nitrogens is 2. The molecule has 0 aliphatic carbocycles. The van der Waals surface area contributed by atoms with Crippen LogP contribution in [0, 0.1) is 0 Å². The molecule has 0 aliphatic rings. The van der Waals surface area contributed by atoms with Crippen LogP contribution < -0.4 is 4.74 Å². The van der Waals surface area contributed by atoms with E-state index >= 15 is 0 Å². The number of pyridine rings is 2. The number of methoxy groups -OCH3 is 1. The summed E-state index contributed by atoms with van der Waals surface area (Å²) in [4.78, 5) is 8.61. The molecule has 0 spiro atoms. The van der Waals surface area contributed by atoms with Gasteiger partial charge in [0.25, 0.3) is 0 Å². The fourth-order valence-corrected chi connectivity index (χ4v) is 2.40. The molecule has 0 bridgehead atoms. The minimum absolute atomic E-state index is 0.669. The van der Waals surface area contributed by atoms with Gasteiger partial charge in [-0.25, -0.2) is 4.98 Å². The lowest BCUT2D eigenvalue weighted by Crippen LogP contribution is -1.93. The van der Waals surface area contributed by atoms with Crippen molar-refractivity contribution >= 4 is 10.8 Å². The maximum atomic E-state index is 5.39. The second-order valence-electron chi connectivity index (χ2n) is 4.66. The molecular formula is C17H16N2O. The Morgan fingerprint density at radius 2 is 2.00 bits per heavy atom. The van der Waals surface area contributed by atoms with Crippen LogP contribution in [-0.2, 0) is 6.42 Å². The van der Waals surface area contributed by atoms with Gasteiger partial charge >= 0.3 is 0 Å². The molecule has 0 saturated carbocycles. The third-order valence-electron chi connectivity index (χ3n) is 3.49. The van der Waals surface area contributed by atoms with E-state index in [0.29, 0.717) is 5.88 Å². The number of rotatable bonds is 3. The van der Waals surface area contributed by atoms with Gasteiger partial charge in [-0.3, -0.25) is 4.98 Å². The highest BCUT2D eigenvalue weighted by Crippen LogP contribution is 2.32. The lowest BCUT2D eigenvalue weighted by Gasteiger charge is -2.10. The second kappa shape index (κ2) is 5.29. The van der Waals surface area contributed by atoms with E-state index in [1.165, 1.54) is 5.56 Å². The smallest absolute Gasteiger partial charge is 0.221 e. The van der Waals surface area contributed by atoms with Gasteiger partial charge in [-0.05, 0) is 29.5 Å². The lowest BCUT2D eigenvalue weighted by molar-refractivity contribution is 0.403. The number of nitrogens with zero attached hydrogens (tertiary/aromatic N) is 2. The number of hydrogen-bond acceptors (Lipinski definition) is 3. The van der Waals surface area contributed by atoms with Gasteiger partial charge in [-0.1, -0.05) is 25.1 Å². The molecule has 100 valence electrons. The SMILES string of the molecule is CCc1ccc2c(-c3cccnc3)cnc(OC)c2c1. The Hall–Kier alpha value is -2.42. The number of hydrogen-bond donors (Lipinski definition) is 0. The monoisotopic (exact) mass is 264 g/mol. The first-order valence-electron chi connectivity index (χ1n) is 6.69. The highest BCUT2D eigenvalue weighted by molar-refractivity contribution is 5.99. The Kier molecular flexibility index (Phi) is 3.33. The maximum absolute atomic E-state index is 5.39. The fourth-order valence-electron chi connectivity index (χ4n) is 2.40. The van der Waals surface area contributed by atoms with E-state index in [1.807, 2.05) is 24.5 Å². The predicted octanol–water partition coefficient (Wildman–Crippen LogP) is 3.87. The Morgan fingerprint density at radius 1 is 1.10 bits per heavy atom. The van der Waals surface area contributed by atoms with Crippen molar-refractivity contribution in [3.8, 4) is 17.0 Å². The molecule has 0 N–H and O–H groups in total. The van der Waals surface area contributed by atoms with Crippen LogP contribution in [0.1, 0.15) is 12.5 Å². The van der Waals surface area contributed by atoms with Crippen molar-refractivity contribution in [2.75, 3.05) is 7.11 Å². The zero-order valence-electron chi connectivity index (χ0n) is 11.6. The predicted molar refractivity (Wildman–Crippen MR) is 80.9 cm³/mol. The molecule has 0 aliphatic heterocycles. The first kappa shape index (κ1) is 12.6. The molecule has 3 heteroatoms. The largest absolute Gasteiger partial charge is 0.481 e. The van der Waals surface area contributed by atoms with E-state index in [4.69, 9.17) is 4.74 Å². The first-order chi connectivity index (χ1) is 9.83. The summed E-state index contributed by atoms with van der Waals surface area (Å²) in [6.45, 7) is 2.14. The summed E-state index contributed by atoms with van der Waals surface area (Å²) < 4.78 is 5.39. The summed E-state index contributed by atoms with van der Waals surface area (Å²) in [7, 11) is 1.66. The summed E-state index contributed by atoms with van der Waals surface area (Å²) in [6.07, 6.45) is 6.48. The van der Waals surface area contributed by atoms with Gasteiger partial charge in [0.15, 0.2) is 0 Å². The van der Waals surface area contributed by atoms with Crippen LogP contribution in [0.4, 0.5) is 0 Å². The Morgan fingerprint density at radius 3 is 2.70 bits per heavy atom.